The Morgan fingerprint density at radius 3 is 2.43 bits per heavy atom. The zero-order valence-electron chi connectivity index (χ0n) is 13.1. The van der Waals surface area contributed by atoms with Gasteiger partial charge in [-0.2, -0.15) is 0 Å². The van der Waals surface area contributed by atoms with Gasteiger partial charge in [0.05, 0.1) is 0 Å². The molecule has 3 nitrogen and oxygen atoms in total. The Bertz CT molecular complexity index is 582. The van der Waals surface area contributed by atoms with Crippen molar-refractivity contribution in [1.29, 1.82) is 0 Å². The van der Waals surface area contributed by atoms with Crippen molar-refractivity contribution in [3.63, 3.8) is 0 Å². The van der Waals surface area contributed by atoms with Crippen molar-refractivity contribution in [2.75, 3.05) is 0 Å². The largest absolute Gasteiger partial charge is 0.219 e. The van der Waals surface area contributed by atoms with Crippen LogP contribution in [0.5, 0.6) is 0 Å². The molecule has 0 bridgehead atoms. The fourth-order valence-electron chi connectivity index (χ4n) is 2.22. The first-order chi connectivity index (χ1) is 10.2. The lowest BCUT2D eigenvalue weighted by Gasteiger charge is -1.97. The predicted octanol–water partition coefficient (Wildman–Crippen LogP) is 4.84. The zero-order chi connectivity index (χ0) is 15.1. The number of aromatic nitrogens is 3. The van der Waals surface area contributed by atoms with Crippen LogP contribution < -0.4 is 0 Å². The third-order valence-corrected chi connectivity index (χ3v) is 4.34. The molecule has 0 saturated carbocycles. The van der Waals surface area contributed by atoms with Crippen molar-refractivity contribution in [2.45, 2.75) is 52.9 Å². The van der Waals surface area contributed by atoms with E-state index in [1.165, 1.54) is 41.9 Å². The molecule has 0 spiro atoms. The van der Waals surface area contributed by atoms with Gasteiger partial charge in [0.25, 0.3) is 0 Å². The maximum atomic E-state index is 4.32. The van der Waals surface area contributed by atoms with E-state index in [4.69, 9.17) is 0 Å². The minimum absolute atomic E-state index is 0.734. The first kappa shape index (κ1) is 15.8. The Balaban J connectivity index is 1.93. The molecule has 0 unspecified atom stereocenters. The minimum Gasteiger partial charge on any atom is -0.219 e. The van der Waals surface area contributed by atoms with E-state index in [-0.39, 0.29) is 0 Å². The van der Waals surface area contributed by atoms with Crippen molar-refractivity contribution >= 4 is 23.5 Å². The molecule has 0 N–H and O–H groups in total. The third-order valence-electron chi connectivity index (χ3n) is 3.23. The van der Waals surface area contributed by atoms with Crippen LogP contribution in [0, 0.1) is 13.8 Å². The summed E-state index contributed by atoms with van der Waals surface area (Å²) in [5, 5.41) is 0. The fourth-order valence-corrected chi connectivity index (χ4v) is 3.17. The maximum absolute atomic E-state index is 4.32. The van der Waals surface area contributed by atoms with Gasteiger partial charge in [0.15, 0.2) is 5.82 Å². The molecule has 0 fully saturated rings. The zero-order valence-corrected chi connectivity index (χ0v) is 13.9. The predicted molar refractivity (Wildman–Crippen MR) is 90.4 cm³/mol. The average molecular weight is 301 g/mol. The van der Waals surface area contributed by atoms with Crippen LogP contribution in [0.1, 0.15) is 59.8 Å². The molecule has 0 aliphatic carbocycles. The van der Waals surface area contributed by atoms with Gasteiger partial charge >= 0.3 is 0 Å². The second-order valence-corrected chi connectivity index (χ2v) is 6.44. The van der Waals surface area contributed by atoms with Crippen molar-refractivity contribution in [3.05, 3.63) is 39.4 Å². The highest BCUT2D eigenvalue weighted by Crippen LogP contribution is 2.21. The summed E-state index contributed by atoms with van der Waals surface area (Å²) in [6.07, 6.45) is 10.5. The number of nitrogens with zero attached hydrogens (tertiary/aromatic N) is 3. The van der Waals surface area contributed by atoms with Crippen LogP contribution in [0.3, 0.4) is 0 Å². The molecular formula is C17H23N3S. The topological polar surface area (TPSA) is 38.7 Å². The van der Waals surface area contributed by atoms with E-state index in [2.05, 4.69) is 40.1 Å². The monoisotopic (exact) mass is 301 g/mol. The van der Waals surface area contributed by atoms with Gasteiger partial charge in [-0.25, -0.2) is 15.0 Å². The summed E-state index contributed by atoms with van der Waals surface area (Å²) in [6, 6.07) is 4.41. The lowest BCUT2D eigenvalue weighted by Crippen LogP contribution is -1.97. The molecular weight excluding hydrogens is 278 g/mol. The fraction of sp³-hybridized carbons (Fsp3) is 0.471. The molecule has 2 heterocycles. The first-order valence-electron chi connectivity index (χ1n) is 7.63. The average Bonchev–Trinajstić information content (AvgIpc) is 2.88. The van der Waals surface area contributed by atoms with E-state index in [1.807, 2.05) is 31.3 Å². The number of unbranched alkanes of at least 4 members (excludes halogenated alkanes) is 3. The minimum atomic E-state index is 0.734. The van der Waals surface area contributed by atoms with Gasteiger partial charge in [0.2, 0.25) is 0 Å². The second kappa shape index (κ2) is 8.03. The summed E-state index contributed by atoms with van der Waals surface area (Å²) >= 11 is 1.86. The summed E-state index contributed by atoms with van der Waals surface area (Å²) < 4.78 is 0. The Kier molecular flexibility index (Phi) is 6.05. The van der Waals surface area contributed by atoms with Gasteiger partial charge < -0.3 is 0 Å². The highest BCUT2D eigenvalue weighted by atomic mass is 32.1. The molecule has 0 aromatic carbocycles. The molecule has 0 aliphatic heterocycles. The summed E-state index contributed by atoms with van der Waals surface area (Å²) in [4.78, 5) is 15.6. The SMILES string of the molecule is CCCCCCc1ccc(/C=C/c2nc(C)nc(C)n2)s1. The molecule has 0 aliphatic rings. The van der Waals surface area contributed by atoms with E-state index in [1.54, 1.807) is 0 Å². The quantitative estimate of drug-likeness (QED) is 0.687. The van der Waals surface area contributed by atoms with Crippen LogP contribution in [0.4, 0.5) is 0 Å². The highest BCUT2D eigenvalue weighted by Gasteiger charge is 2.00. The molecule has 2 aromatic rings. The van der Waals surface area contributed by atoms with Crippen molar-refractivity contribution in [2.24, 2.45) is 0 Å². The van der Waals surface area contributed by atoms with E-state index in [0.717, 1.165) is 17.5 Å². The van der Waals surface area contributed by atoms with Crippen LogP contribution in [0.2, 0.25) is 0 Å². The Morgan fingerprint density at radius 1 is 0.952 bits per heavy atom. The smallest absolute Gasteiger partial charge is 0.156 e. The molecule has 0 atom stereocenters. The Labute approximate surface area is 131 Å². The molecule has 2 rings (SSSR count). The lowest BCUT2D eigenvalue weighted by atomic mass is 10.1. The van der Waals surface area contributed by atoms with Crippen LogP contribution in [0.15, 0.2) is 12.1 Å². The normalized spacial score (nSPS) is 11.4. The molecule has 0 amide bonds. The molecule has 4 heteroatoms. The van der Waals surface area contributed by atoms with Gasteiger partial charge in [-0.05, 0) is 51.0 Å². The third kappa shape index (κ3) is 5.38. The van der Waals surface area contributed by atoms with Crippen LogP contribution >= 0.6 is 11.3 Å². The summed E-state index contributed by atoms with van der Waals surface area (Å²) in [5.74, 6) is 2.27. The van der Waals surface area contributed by atoms with E-state index in [9.17, 15) is 0 Å². The molecule has 0 saturated heterocycles. The van der Waals surface area contributed by atoms with Gasteiger partial charge in [-0.15, -0.1) is 11.3 Å². The van der Waals surface area contributed by atoms with Gasteiger partial charge in [0.1, 0.15) is 11.6 Å². The second-order valence-electron chi connectivity index (χ2n) is 5.24. The lowest BCUT2D eigenvalue weighted by molar-refractivity contribution is 0.670. The summed E-state index contributed by atoms with van der Waals surface area (Å²) in [5.41, 5.74) is 0. The van der Waals surface area contributed by atoms with E-state index < -0.39 is 0 Å². The first-order valence-corrected chi connectivity index (χ1v) is 8.45. The summed E-state index contributed by atoms with van der Waals surface area (Å²) in [6.45, 7) is 6.04. The number of rotatable bonds is 7. The molecule has 112 valence electrons. The molecule has 0 radical (unpaired) electrons. The van der Waals surface area contributed by atoms with E-state index >= 15 is 0 Å². The number of hydrogen-bond acceptors (Lipinski definition) is 4. The van der Waals surface area contributed by atoms with Crippen LogP contribution in [-0.2, 0) is 6.42 Å². The Morgan fingerprint density at radius 2 is 1.71 bits per heavy atom. The van der Waals surface area contributed by atoms with E-state index in [0.29, 0.717) is 0 Å². The Hall–Kier alpha value is -1.55. The van der Waals surface area contributed by atoms with Crippen molar-refractivity contribution in [3.8, 4) is 0 Å². The molecule has 2 aromatic heterocycles. The standard InChI is InChI=1S/C17H23N3S/c1-4-5-6-7-8-15-9-10-16(21-15)11-12-17-19-13(2)18-14(3)20-17/h9-12H,4-8H2,1-3H3/b12-11+. The molecule has 21 heavy (non-hydrogen) atoms. The number of aryl methyl sites for hydroxylation is 3. The van der Waals surface area contributed by atoms with Gasteiger partial charge in [-0.3, -0.25) is 0 Å². The van der Waals surface area contributed by atoms with Gasteiger partial charge in [0, 0.05) is 9.75 Å². The highest BCUT2D eigenvalue weighted by molar-refractivity contribution is 7.12. The maximum Gasteiger partial charge on any atom is 0.156 e. The van der Waals surface area contributed by atoms with Crippen molar-refractivity contribution in [1.82, 2.24) is 15.0 Å². The van der Waals surface area contributed by atoms with Crippen LogP contribution in [0.25, 0.3) is 12.2 Å². The van der Waals surface area contributed by atoms with Crippen LogP contribution in [-0.4, -0.2) is 15.0 Å². The summed E-state index contributed by atoms with van der Waals surface area (Å²) in [7, 11) is 0. The van der Waals surface area contributed by atoms with Crippen molar-refractivity contribution < 1.29 is 0 Å². The van der Waals surface area contributed by atoms with Gasteiger partial charge in [-0.1, -0.05) is 26.2 Å². The number of hydrogen-bond donors (Lipinski definition) is 0. The number of thiophene rings is 1.